The summed E-state index contributed by atoms with van der Waals surface area (Å²) in [4.78, 5) is 27.8. The Morgan fingerprint density at radius 1 is 1.22 bits per heavy atom. The second-order valence-electron chi connectivity index (χ2n) is 5.90. The third kappa shape index (κ3) is 2.29. The lowest BCUT2D eigenvalue weighted by molar-refractivity contribution is 0.0697. The third-order valence-electron chi connectivity index (χ3n) is 4.42. The molecule has 0 aliphatic carbocycles. The predicted molar refractivity (Wildman–Crippen MR) is 88.1 cm³/mol. The van der Waals surface area contributed by atoms with Crippen molar-refractivity contribution in [3.8, 4) is 0 Å². The molecular formula is C16H17N5O2. The van der Waals surface area contributed by atoms with Crippen molar-refractivity contribution in [3.63, 3.8) is 0 Å². The molecule has 3 heterocycles. The summed E-state index contributed by atoms with van der Waals surface area (Å²) in [5, 5.41) is 11.0. The molecule has 1 aliphatic heterocycles. The van der Waals surface area contributed by atoms with Gasteiger partial charge in [-0.3, -0.25) is 0 Å². The van der Waals surface area contributed by atoms with E-state index in [1.807, 2.05) is 0 Å². The first-order valence-electron chi connectivity index (χ1n) is 7.57. The summed E-state index contributed by atoms with van der Waals surface area (Å²) in [6.45, 7) is 3.75. The van der Waals surface area contributed by atoms with E-state index in [-0.39, 0.29) is 5.56 Å². The average molecular weight is 311 g/mol. The Balaban J connectivity index is 1.92. The monoisotopic (exact) mass is 311 g/mol. The number of rotatable bonds is 2. The van der Waals surface area contributed by atoms with Crippen LogP contribution in [0.4, 0.5) is 5.82 Å². The number of anilines is 1. The fourth-order valence-electron chi connectivity index (χ4n) is 3.10. The second-order valence-corrected chi connectivity index (χ2v) is 5.90. The Morgan fingerprint density at radius 2 is 2.00 bits per heavy atom. The van der Waals surface area contributed by atoms with Gasteiger partial charge in [0.25, 0.3) is 0 Å². The molecule has 0 amide bonds. The lowest BCUT2D eigenvalue weighted by atomic mass is 10.1. The number of piperazine rings is 1. The van der Waals surface area contributed by atoms with Crippen LogP contribution in [0.3, 0.4) is 0 Å². The molecule has 4 rings (SSSR count). The predicted octanol–water partition coefficient (Wildman–Crippen LogP) is 1.56. The van der Waals surface area contributed by atoms with Gasteiger partial charge in [0.1, 0.15) is 17.8 Å². The Kier molecular flexibility index (Phi) is 3.16. The molecule has 7 heteroatoms. The molecule has 7 nitrogen and oxygen atoms in total. The summed E-state index contributed by atoms with van der Waals surface area (Å²) in [6.07, 6.45) is 1.56. The van der Waals surface area contributed by atoms with Crippen molar-refractivity contribution in [3.05, 3.63) is 30.1 Å². The first-order chi connectivity index (χ1) is 11.1. The van der Waals surface area contributed by atoms with Gasteiger partial charge in [-0.1, -0.05) is 0 Å². The number of aromatic carboxylic acids is 1. The van der Waals surface area contributed by atoms with Crippen molar-refractivity contribution in [2.45, 2.75) is 0 Å². The van der Waals surface area contributed by atoms with Gasteiger partial charge in [-0.05, 0) is 25.2 Å². The minimum Gasteiger partial charge on any atom is -0.478 e. The zero-order valence-corrected chi connectivity index (χ0v) is 12.8. The summed E-state index contributed by atoms with van der Waals surface area (Å²) in [5.41, 5.74) is 1.89. The van der Waals surface area contributed by atoms with Gasteiger partial charge >= 0.3 is 5.97 Å². The largest absolute Gasteiger partial charge is 0.478 e. The maximum absolute atomic E-state index is 11.3. The van der Waals surface area contributed by atoms with Crippen LogP contribution in [0.25, 0.3) is 21.9 Å². The number of nitrogens with zero attached hydrogens (tertiary/aromatic N) is 4. The van der Waals surface area contributed by atoms with E-state index in [2.05, 4.69) is 31.8 Å². The summed E-state index contributed by atoms with van der Waals surface area (Å²) >= 11 is 0. The van der Waals surface area contributed by atoms with Gasteiger partial charge in [0, 0.05) is 37.1 Å². The van der Waals surface area contributed by atoms with Crippen molar-refractivity contribution in [1.29, 1.82) is 0 Å². The Bertz CT molecular complexity index is 896. The van der Waals surface area contributed by atoms with Crippen molar-refractivity contribution >= 4 is 33.7 Å². The van der Waals surface area contributed by atoms with E-state index in [0.717, 1.165) is 53.9 Å². The number of H-pyrrole nitrogens is 1. The van der Waals surface area contributed by atoms with E-state index in [1.165, 1.54) is 0 Å². The molecule has 118 valence electrons. The van der Waals surface area contributed by atoms with Crippen molar-refractivity contribution in [2.75, 3.05) is 38.1 Å². The molecule has 2 N–H and O–H groups in total. The molecule has 0 radical (unpaired) electrons. The third-order valence-corrected chi connectivity index (χ3v) is 4.42. The van der Waals surface area contributed by atoms with Gasteiger partial charge in [-0.15, -0.1) is 0 Å². The number of carbonyl (C=O) groups is 1. The Morgan fingerprint density at radius 3 is 2.74 bits per heavy atom. The molecule has 0 spiro atoms. The van der Waals surface area contributed by atoms with Crippen LogP contribution in [0.5, 0.6) is 0 Å². The van der Waals surface area contributed by atoms with E-state index in [0.29, 0.717) is 0 Å². The van der Waals surface area contributed by atoms with E-state index >= 15 is 0 Å². The zero-order chi connectivity index (χ0) is 16.0. The van der Waals surface area contributed by atoms with Crippen molar-refractivity contribution < 1.29 is 9.90 Å². The van der Waals surface area contributed by atoms with Crippen LogP contribution in [0, 0.1) is 0 Å². The SMILES string of the molecule is CN1CCN(c2ncnc3[nH]c4ccc(C(=O)O)cc4c23)CC1. The number of fused-ring (bicyclic) bond motifs is 3. The summed E-state index contributed by atoms with van der Waals surface area (Å²) in [5.74, 6) is -0.0591. The first kappa shape index (κ1) is 14.0. The fourth-order valence-corrected chi connectivity index (χ4v) is 3.10. The topological polar surface area (TPSA) is 85.4 Å². The van der Waals surface area contributed by atoms with Crippen molar-refractivity contribution in [1.82, 2.24) is 19.9 Å². The quantitative estimate of drug-likeness (QED) is 0.747. The average Bonchev–Trinajstić information content (AvgIpc) is 2.93. The molecule has 0 bridgehead atoms. The van der Waals surface area contributed by atoms with Crippen molar-refractivity contribution in [2.24, 2.45) is 0 Å². The number of carboxylic acids is 1. The maximum Gasteiger partial charge on any atom is 0.335 e. The second kappa shape index (κ2) is 5.20. The van der Waals surface area contributed by atoms with Gasteiger partial charge in [-0.2, -0.15) is 0 Å². The number of aromatic amines is 1. The van der Waals surface area contributed by atoms with Gasteiger partial charge < -0.3 is 19.9 Å². The summed E-state index contributed by atoms with van der Waals surface area (Å²) < 4.78 is 0. The fraction of sp³-hybridized carbons (Fsp3) is 0.312. The number of hydrogen-bond acceptors (Lipinski definition) is 5. The Labute approximate surface area is 132 Å². The molecular weight excluding hydrogens is 294 g/mol. The molecule has 2 aromatic heterocycles. The van der Waals surface area contributed by atoms with E-state index in [1.54, 1.807) is 24.5 Å². The number of likely N-dealkylation sites (N-methyl/N-ethyl adjacent to an activating group) is 1. The van der Waals surface area contributed by atoms with E-state index in [9.17, 15) is 9.90 Å². The number of hydrogen-bond donors (Lipinski definition) is 2. The highest BCUT2D eigenvalue weighted by Crippen LogP contribution is 2.32. The molecule has 1 aromatic carbocycles. The van der Waals surface area contributed by atoms with Crippen LogP contribution in [0.2, 0.25) is 0 Å². The number of carboxylic acid groups (broad SMARTS) is 1. The number of aromatic nitrogens is 3. The normalized spacial score (nSPS) is 16.3. The highest BCUT2D eigenvalue weighted by molar-refractivity contribution is 6.12. The molecule has 0 saturated carbocycles. The van der Waals surface area contributed by atoms with Gasteiger partial charge in [0.15, 0.2) is 0 Å². The van der Waals surface area contributed by atoms with Crippen LogP contribution in [0.15, 0.2) is 24.5 Å². The highest BCUT2D eigenvalue weighted by Gasteiger charge is 2.20. The number of benzene rings is 1. The molecule has 0 unspecified atom stereocenters. The summed E-state index contributed by atoms with van der Waals surface area (Å²) in [6, 6.07) is 5.08. The van der Waals surface area contributed by atoms with Gasteiger partial charge in [-0.25, -0.2) is 14.8 Å². The molecule has 1 fully saturated rings. The van der Waals surface area contributed by atoms with Crippen LogP contribution < -0.4 is 4.90 Å². The van der Waals surface area contributed by atoms with Crippen LogP contribution in [-0.4, -0.2) is 64.2 Å². The maximum atomic E-state index is 11.3. The molecule has 23 heavy (non-hydrogen) atoms. The molecule has 3 aromatic rings. The van der Waals surface area contributed by atoms with Crippen LogP contribution >= 0.6 is 0 Å². The minimum atomic E-state index is -0.931. The molecule has 1 aliphatic rings. The Hall–Kier alpha value is -2.67. The van der Waals surface area contributed by atoms with E-state index in [4.69, 9.17) is 0 Å². The lowest BCUT2D eigenvalue weighted by Gasteiger charge is -2.33. The standard InChI is InChI=1S/C16H17N5O2/c1-20-4-6-21(7-5-20)15-13-11-8-10(16(22)23)2-3-12(11)19-14(13)17-9-18-15/h2-3,8-9H,4-7H2,1H3,(H,22,23)(H,17,18,19). The highest BCUT2D eigenvalue weighted by atomic mass is 16.4. The van der Waals surface area contributed by atoms with Gasteiger partial charge in [0.05, 0.1) is 10.9 Å². The van der Waals surface area contributed by atoms with Crippen LogP contribution in [0.1, 0.15) is 10.4 Å². The van der Waals surface area contributed by atoms with Gasteiger partial charge in [0.2, 0.25) is 0 Å². The van der Waals surface area contributed by atoms with E-state index < -0.39 is 5.97 Å². The zero-order valence-electron chi connectivity index (χ0n) is 12.8. The number of nitrogens with one attached hydrogen (secondary N) is 1. The molecule has 1 saturated heterocycles. The molecule has 0 atom stereocenters. The minimum absolute atomic E-state index is 0.270. The first-order valence-corrected chi connectivity index (χ1v) is 7.57. The van der Waals surface area contributed by atoms with Crippen LogP contribution in [-0.2, 0) is 0 Å². The smallest absolute Gasteiger partial charge is 0.335 e. The summed E-state index contributed by atoms with van der Waals surface area (Å²) in [7, 11) is 2.11. The lowest BCUT2D eigenvalue weighted by Crippen LogP contribution is -2.44.